The highest BCUT2D eigenvalue weighted by atomic mass is 19.1. The predicted octanol–water partition coefficient (Wildman–Crippen LogP) is 2.05. The number of hydrogen-bond donors (Lipinski definition) is 2. The SMILES string of the molecule is CC(C)C(=O)N1C[C@@H](c2ccc(F)cc2)N(C(=O)C(=O)Nc2cnc3o[nH]c(=O)c3c2)C[C@@H]1C. The van der Waals surface area contributed by atoms with Crippen molar-refractivity contribution in [3.8, 4) is 0 Å². The van der Waals surface area contributed by atoms with Crippen LogP contribution in [0.3, 0.4) is 0 Å². The Balaban J connectivity index is 1.60. The van der Waals surface area contributed by atoms with Gasteiger partial charge in [-0.2, -0.15) is 5.16 Å². The zero-order chi connectivity index (χ0) is 24.6. The maximum atomic E-state index is 13.5. The van der Waals surface area contributed by atoms with Gasteiger partial charge in [0.1, 0.15) is 11.2 Å². The van der Waals surface area contributed by atoms with Crippen LogP contribution in [-0.4, -0.2) is 56.8 Å². The maximum absolute atomic E-state index is 13.5. The molecular formula is C23H24FN5O5. The molecule has 1 fully saturated rings. The lowest BCUT2D eigenvalue weighted by Gasteiger charge is -2.45. The lowest BCUT2D eigenvalue weighted by atomic mass is 9.98. The Bertz CT molecular complexity index is 1300. The molecule has 0 spiro atoms. The Morgan fingerprint density at radius 1 is 1.18 bits per heavy atom. The number of fused-ring (bicyclic) bond motifs is 1. The van der Waals surface area contributed by atoms with Gasteiger partial charge < -0.3 is 19.6 Å². The Morgan fingerprint density at radius 2 is 1.88 bits per heavy atom. The topological polar surface area (TPSA) is 129 Å². The number of halogens is 1. The van der Waals surface area contributed by atoms with Crippen molar-refractivity contribution in [2.75, 3.05) is 18.4 Å². The van der Waals surface area contributed by atoms with Crippen LogP contribution in [0.1, 0.15) is 32.4 Å². The molecule has 0 saturated carbocycles. The molecule has 1 aromatic carbocycles. The van der Waals surface area contributed by atoms with Gasteiger partial charge in [0, 0.05) is 25.0 Å². The highest BCUT2D eigenvalue weighted by molar-refractivity contribution is 6.39. The van der Waals surface area contributed by atoms with E-state index in [4.69, 9.17) is 4.52 Å². The van der Waals surface area contributed by atoms with Gasteiger partial charge in [0.15, 0.2) is 0 Å². The number of carbonyl (C=O) groups is 3. The van der Waals surface area contributed by atoms with Gasteiger partial charge in [-0.15, -0.1) is 0 Å². The van der Waals surface area contributed by atoms with Gasteiger partial charge in [-0.1, -0.05) is 26.0 Å². The van der Waals surface area contributed by atoms with Crippen LogP contribution in [0.5, 0.6) is 0 Å². The molecule has 0 unspecified atom stereocenters. The van der Waals surface area contributed by atoms with Crippen molar-refractivity contribution in [2.45, 2.75) is 32.9 Å². The molecule has 4 rings (SSSR count). The molecule has 3 amide bonds. The monoisotopic (exact) mass is 469 g/mol. The van der Waals surface area contributed by atoms with E-state index in [1.165, 1.54) is 41.4 Å². The average Bonchev–Trinajstić information content (AvgIpc) is 3.18. The number of rotatable bonds is 3. The Morgan fingerprint density at radius 3 is 2.56 bits per heavy atom. The Labute approximate surface area is 193 Å². The number of piperazine rings is 1. The molecule has 1 aliphatic heterocycles. The van der Waals surface area contributed by atoms with E-state index in [0.717, 1.165) is 0 Å². The van der Waals surface area contributed by atoms with E-state index in [1.54, 1.807) is 18.7 Å². The number of amides is 3. The first kappa shape index (κ1) is 23.1. The number of nitrogens with one attached hydrogen (secondary N) is 2. The van der Waals surface area contributed by atoms with Gasteiger partial charge in [0.25, 0.3) is 11.3 Å². The largest absolute Gasteiger partial charge is 0.358 e. The predicted molar refractivity (Wildman–Crippen MR) is 120 cm³/mol. The van der Waals surface area contributed by atoms with Gasteiger partial charge in [0.05, 0.1) is 17.9 Å². The van der Waals surface area contributed by atoms with Gasteiger partial charge >= 0.3 is 11.8 Å². The van der Waals surface area contributed by atoms with Gasteiger partial charge in [-0.05, 0) is 30.7 Å². The fourth-order valence-corrected chi connectivity index (χ4v) is 4.04. The lowest BCUT2D eigenvalue weighted by molar-refractivity contribution is -0.152. The van der Waals surface area contributed by atoms with Crippen molar-refractivity contribution in [3.63, 3.8) is 0 Å². The molecule has 34 heavy (non-hydrogen) atoms. The van der Waals surface area contributed by atoms with Crippen LogP contribution < -0.4 is 10.9 Å². The van der Waals surface area contributed by atoms with Crippen molar-refractivity contribution in [3.05, 3.63) is 58.3 Å². The molecule has 0 radical (unpaired) electrons. The van der Waals surface area contributed by atoms with Crippen LogP contribution in [0.4, 0.5) is 10.1 Å². The highest BCUT2D eigenvalue weighted by Gasteiger charge is 2.39. The molecule has 2 atom stereocenters. The number of aromatic amines is 1. The molecule has 10 nitrogen and oxygen atoms in total. The van der Waals surface area contributed by atoms with Crippen LogP contribution in [0.15, 0.2) is 45.8 Å². The fraction of sp³-hybridized carbons (Fsp3) is 0.348. The smallest absolute Gasteiger partial charge is 0.313 e. The molecule has 11 heteroatoms. The minimum atomic E-state index is -0.927. The molecule has 2 N–H and O–H groups in total. The van der Waals surface area contributed by atoms with Crippen LogP contribution >= 0.6 is 0 Å². The minimum absolute atomic E-state index is 0.0686. The van der Waals surface area contributed by atoms with Crippen molar-refractivity contribution >= 4 is 34.5 Å². The number of nitrogens with zero attached hydrogens (tertiary/aromatic N) is 3. The van der Waals surface area contributed by atoms with Gasteiger partial charge in [-0.25, -0.2) is 9.37 Å². The Kier molecular flexibility index (Phi) is 6.18. The lowest BCUT2D eigenvalue weighted by Crippen LogP contribution is -2.59. The summed E-state index contributed by atoms with van der Waals surface area (Å²) in [5.74, 6) is -2.49. The van der Waals surface area contributed by atoms with Crippen molar-refractivity contribution in [2.24, 2.45) is 5.92 Å². The summed E-state index contributed by atoms with van der Waals surface area (Å²) in [4.78, 5) is 57.6. The summed E-state index contributed by atoms with van der Waals surface area (Å²) in [5.41, 5.74) is 0.313. The fourth-order valence-electron chi connectivity index (χ4n) is 4.04. The zero-order valence-corrected chi connectivity index (χ0v) is 18.9. The Hall–Kier alpha value is -4.02. The van der Waals surface area contributed by atoms with Crippen LogP contribution in [0.25, 0.3) is 11.1 Å². The molecule has 1 saturated heterocycles. The quantitative estimate of drug-likeness (QED) is 0.565. The second kappa shape index (κ2) is 9.08. The number of hydrogen-bond acceptors (Lipinski definition) is 6. The van der Waals surface area contributed by atoms with E-state index in [-0.39, 0.29) is 47.7 Å². The highest BCUT2D eigenvalue weighted by Crippen LogP contribution is 2.29. The van der Waals surface area contributed by atoms with Crippen molar-refractivity contribution in [1.29, 1.82) is 0 Å². The van der Waals surface area contributed by atoms with E-state index >= 15 is 0 Å². The first-order chi connectivity index (χ1) is 16.2. The van der Waals surface area contributed by atoms with E-state index < -0.39 is 29.2 Å². The third-order valence-electron chi connectivity index (χ3n) is 5.82. The van der Waals surface area contributed by atoms with E-state index in [0.29, 0.717) is 5.56 Å². The number of H-pyrrole nitrogens is 1. The first-order valence-electron chi connectivity index (χ1n) is 10.8. The summed E-state index contributed by atoms with van der Waals surface area (Å²) in [5, 5.41) is 4.74. The van der Waals surface area contributed by atoms with Crippen LogP contribution in [-0.2, 0) is 14.4 Å². The molecule has 1 aliphatic rings. The van der Waals surface area contributed by atoms with E-state index in [2.05, 4.69) is 15.5 Å². The third kappa shape index (κ3) is 4.41. The molecular weight excluding hydrogens is 445 g/mol. The number of aromatic nitrogens is 2. The van der Waals surface area contributed by atoms with E-state index in [9.17, 15) is 23.6 Å². The third-order valence-corrected chi connectivity index (χ3v) is 5.82. The zero-order valence-electron chi connectivity index (χ0n) is 18.9. The molecule has 3 aromatic rings. The second-order valence-corrected chi connectivity index (χ2v) is 8.58. The number of carbonyl (C=O) groups excluding carboxylic acids is 3. The summed E-state index contributed by atoms with van der Waals surface area (Å²) >= 11 is 0. The molecule has 3 heterocycles. The van der Waals surface area contributed by atoms with Crippen molar-refractivity contribution < 1.29 is 23.3 Å². The molecule has 0 aliphatic carbocycles. The molecule has 0 bridgehead atoms. The summed E-state index contributed by atoms with van der Waals surface area (Å²) in [6.45, 7) is 5.68. The van der Waals surface area contributed by atoms with Gasteiger partial charge in [-0.3, -0.25) is 19.2 Å². The summed E-state index contributed by atoms with van der Waals surface area (Å²) in [7, 11) is 0. The summed E-state index contributed by atoms with van der Waals surface area (Å²) < 4.78 is 18.4. The number of pyridine rings is 1. The van der Waals surface area contributed by atoms with Gasteiger partial charge in [0.2, 0.25) is 5.91 Å². The van der Waals surface area contributed by atoms with E-state index in [1.807, 2.05) is 6.92 Å². The second-order valence-electron chi connectivity index (χ2n) is 8.58. The molecule has 2 aromatic heterocycles. The maximum Gasteiger partial charge on any atom is 0.313 e. The standard InChI is InChI=1S/C23H24FN5O5/c1-12(2)22(32)28-11-18(14-4-6-15(24)7-5-14)29(10-13(28)3)23(33)20(31)26-16-8-17-19(30)27-34-21(17)25-9-16/h4-9,12-13,18H,10-11H2,1-3H3,(H,26,31)(H,27,30)/t13-,18-/m0/s1. The number of benzene rings is 1. The van der Waals surface area contributed by atoms with Crippen LogP contribution in [0.2, 0.25) is 0 Å². The summed E-state index contributed by atoms with van der Waals surface area (Å²) in [6, 6.07) is 6.00. The van der Waals surface area contributed by atoms with Crippen molar-refractivity contribution in [1.82, 2.24) is 19.9 Å². The first-order valence-corrected chi connectivity index (χ1v) is 10.8. The normalized spacial score (nSPS) is 18.4. The minimum Gasteiger partial charge on any atom is -0.358 e. The van der Waals surface area contributed by atoms with Crippen LogP contribution in [0, 0.1) is 11.7 Å². The molecule has 178 valence electrons. The average molecular weight is 469 g/mol. The summed E-state index contributed by atoms with van der Waals surface area (Å²) in [6.07, 6.45) is 1.27. The number of anilines is 1.